The molecule has 0 spiro atoms. The van der Waals surface area contributed by atoms with Gasteiger partial charge in [-0.05, 0) is 24.3 Å². The third-order valence-electron chi connectivity index (χ3n) is 2.74. The van der Waals surface area contributed by atoms with Gasteiger partial charge in [0.1, 0.15) is 5.82 Å². The zero-order valence-corrected chi connectivity index (χ0v) is 9.73. The molecule has 0 radical (unpaired) electrons. The number of anilines is 1. The smallest absolute Gasteiger partial charge is 0.251 e. The molecule has 1 saturated heterocycles. The van der Waals surface area contributed by atoms with Crippen molar-refractivity contribution in [3.05, 3.63) is 42.7 Å². The molecule has 0 unspecified atom stereocenters. The van der Waals surface area contributed by atoms with Crippen molar-refractivity contribution in [2.45, 2.75) is 12.5 Å². The Bertz CT molecular complexity index is 484. The Hall–Kier alpha value is -2.01. The van der Waals surface area contributed by atoms with Crippen molar-refractivity contribution in [3.8, 4) is 0 Å². The number of carbonyl (C=O) groups is 2. The topological polar surface area (TPSA) is 49.4 Å². The first-order valence-electron chi connectivity index (χ1n) is 5.60. The molecule has 1 N–H and O–H groups in total. The van der Waals surface area contributed by atoms with E-state index in [1.54, 1.807) is 6.08 Å². The molecule has 94 valence electrons. The van der Waals surface area contributed by atoms with Gasteiger partial charge in [0.2, 0.25) is 5.91 Å². The number of hydrogen-bond donors (Lipinski definition) is 1. The summed E-state index contributed by atoms with van der Waals surface area (Å²) in [6.45, 7) is 4.00. The number of amides is 2. The molecule has 1 aromatic carbocycles. The van der Waals surface area contributed by atoms with Crippen molar-refractivity contribution in [3.63, 3.8) is 0 Å². The highest BCUT2D eigenvalue weighted by atomic mass is 19.1. The lowest BCUT2D eigenvalue weighted by Crippen LogP contribution is -2.38. The van der Waals surface area contributed by atoms with E-state index in [1.807, 2.05) is 0 Å². The van der Waals surface area contributed by atoms with Gasteiger partial charge in [-0.3, -0.25) is 9.59 Å². The van der Waals surface area contributed by atoms with Crippen LogP contribution in [0.5, 0.6) is 0 Å². The lowest BCUT2D eigenvalue weighted by atomic mass is 10.2. The van der Waals surface area contributed by atoms with Crippen molar-refractivity contribution >= 4 is 17.5 Å². The molecule has 0 aromatic heterocycles. The third kappa shape index (κ3) is 2.31. The summed E-state index contributed by atoms with van der Waals surface area (Å²) in [6.07, 6.45) is 1.74. The van der Waals surface area contributed by atoms with Gasteiger partial charge in [-0.15, -0.1) is 6.58 Å². The van der Waals surface area contributed by atoms with Crippen LogP contribution in [0, 0.1) is 5.82 Å². The van der Waals surface area contributed by atoms with Gasteiger partial charge in [-0.25, -0.2) is 9.29 Å². The highest BCUT2D eigenvalue weighted by Crippen LogP contribution is 2.22. The first kappa shape index (κ1) is 12.4. The van der Waals surface area contributed by atoms with Crippen LogP contribution in [0.4, 0.5) is 10.1 Å². The average Bonchev–Trinajstić information content (AvgIpc) is 2.63. The Kier molecular flexibility index (Phi) is 3.53. The molecule has 0 saturated carbocycles. The number of carbonyl (C=O) groups excluding carboxylic acids is 2. The number of halogens is 1. The highest BCUT2D eigenvalue weighted by Gasteiger charge is 2.38. The molecular formula is C13H13FN2O2. The summed E-state index contributed by atoms with van der Waals surface area (Å²) in [6, 6.07) is 4.75. The molecule has 18 heavy (non-hydrogen) atoms. The average molecular weight is 248 g/mol. The van der Waals surface area contributed by atoms with E-state index < -0.39 is 11.9 Å². The minimum Gasteiger partial charge on any atom is -0.302 e. The van der Waals surface area contributed by atoms with Crippen molar-refractivity contribution in [2.24, 2.45) is 0 Å². The first-order chi connectivity index (χ1) is 8.63. The third-order valence-corrected chi connectivity index (χ3v) is 2.74. The van der Waals surface area contributed by atoms with E-state index in [9.17, 15) is 14.0 Å². The maximum Gasteiger partial charge on any atom is 0.251 e. The summed E-state index contributed by atoms with van der Waals surface area (Å²) >= 11 is 0. The summed E-state index contributed by atoms with van der Waals surface area (Å²) < 4.78 is 12.8. The SMILES string of the molecule is C=CCN[C@H]1CC(=O)N(c2ccc(F)cc2)C1=O. The number of rotatable bonds is 4. The zero-order chi connectivity index (χ0) is 13.1. The van der Waals surface area contributed by atoms with Gasteiger partial charge in [-0.1, -0.05) is 6.08 Å². The standard InChI is InChI=1S/C13H13FN2O2/c1-2-7-15-11-8-12(17)16(13(11)18)10-5-3-9(14)4-6-10/h2-6,11,15H,1,7-8H2/t11-/m0/s1. The summed E-state index contributed by atoms with van der Waals surface area (Å²) in [5.41, 5.74) is 0.398. The number of imide groups is 1. The van der Waals surface area contributed by atoms with Crippen LogP contribution in [-0.2, 0) is 9.59 Å². The van der Waals surface area contributed by atoms with E-state index in [-0.39, 0.29) is 18.2 Å². The second-order valence-corrected chi connectivity index (χ2v) is 4.00. The lowest BCUT2D eigenvalue weighted by Gasteiger charge is -2.15. The second-order valence-electron chi connectivity index (χ2n) is 4.00. The highest BCUT2D eigenvalue weighted by molar-refractivity contribution is 6.22. The number of nitrogens with zero attached hydrogens (tertiary/aromatic N) is 1. The van der Waals surface area contributed by atoms with Gasteiger partial charge in [0, 0.05) is 6.54 Å². The maximum atomic E-state index is 12.8. The van der Waals surface area contributed by atoms with Crippen molar-refractivity contribution in [2.75, 3.05) is 11.4 Å². The van der Waals surface area contributed by atoms with Crippen LogP contribution < -0.4 is 10.2 Å². The van der Waals surface area contributed by atoms with E-state index in [1.165, 1.54) is 24.3 Å². The van der Waals surface area contributed by atoms with Crippen LogP contribution >= 0.6 is 0 Å². The molecule has 1 fully saturated rings. The van der Waals surface area contributed by atoms with Crippen molar-refractivity contribution in [1.29, 1.82) is 0 Å². The van der Waals surface area contributed by atoms with E-state index in [0.29, 0.717) is 12.2 Å². The van der Waals surface area contributed by atoms with Crippen LogP contribution in [0.3, 0.4) is 0 Å². The number of benzene rings is 1. The number of hydrogen-bond acceptors (Lipinski definition) is 3. The summed E-state index contributed by atoms with van der Waals surface area (Å²) in [4.78, 5) is 24.9. The fourth-order valence-corrected chi connectivity index (χ4v) is 1.88. The van der Waals surface area contributed by atoms with Crippen LogP contribution in [0.15, 0.2) is 36.9 Å². The molecule has 1 aliphatic heterocycles. The quantitative estimate of drug-likeness (QED) is 0.644. The minimum absolute atomic E-state index is 0.115. The minimum atomic E-state index is -0.527. The Balaban J connectivity index is 2.18. The largest absolute Gasteiger partial charge is 0.302 e. The molecule has 1 aromatic rings. The molecule has 0 bridgehead atoms. The van der Waals surface area contributed by atoms with Crippen LogP contribution in [-0.4, -0.2) is 24.4 Å². The van der Waals surface area contributed by atoms with Crippen LogP contribution in [0.2, 0.25) is 0 Å². The molecule has 1 atom stereocenters. The van der Waals surface area contributed by atoms with Gasteiger partial charge >= 0.3 is 0 Å². The Morgan fingerprint density at radius 1 is 1.39 bits per heavy atom. The number of nitrogens with one attached hydrogen (secondary N) is 1. The van der Waals surface area contributed by atoms with Crippen molar-refractivity contribution in [1.82, 2.24) is 5.32 Å². The predicted molar refractivity (Wildman–Crippen MR) is 65.5 cm³/mol. The first-order valence-corrected chi connectivity index (χ1v) is 5.60. The van der Waals surface area contributed by atoms with Gasteiger partial charge in [0.15, 0.2) is 0 Å². The molecular weight excluding hydrogens is 235 g/mol. The van der Waals surface area contributed by atoms with Crippen LogP contribution in [0.25, 0.3) is 0 Å². The Labute approximate surface area is 104 Å². The van der Waals surface area contributed by atoms with E-state index in [0.717, 1.165) is 4.90 Å². The van der Waals surface area contributed by atoms with Gasteiger partial charge in [-0.2, -0.15) is 0 Å². The van der Waals surface area contributed by atoms with Crippen molar-refractivity contribution < 1.29 is 14.0 Å². The lowest BCUT2D eigenvalue weighted by molar-refractivity contribution is -0.121. The van der Waals surface area contributed by atoms with Crippen LogP contribution in [0.1, 0.15) is 6.42 Å². The molecule has 2 amide bonds. The van der Waals surface area contributed by atoms with Gasteiger partial charge in [0.25, 0.3) is 5.91 Å². The molecule has 5 heteroatoms. The van der Waals surface area contributed by atoms with E-state index in [4.69, 9.17) is 0 Å². The molecule has 4 nitrogen and oxygen atoms in total. The molecule has 1 heterocycles. The monoisotopic (exact) mass is 248 g/mol. The summed E-state index contributed by atoms with van der Waals surface area (Å²) in [7, 11) is 0. The normalized spacial score (nSPS) is 19.4. The Morgan fingerprint density at radius 3 is 2.67 bits per heavy atom. The van der Waals surface area contributed by atoms with Gasteiger partial charge in [0.05, 0.1) is 18.2 Å². The second kappa shape index (κ2) is 5.10. The Morgan fingerprint density at radius 2 is 2.06 bits per heavy atom. The summed E-state index contributed by atoms with van der Waals surface area (Å²) in [5, 5.41) is 2.92. The molecule has 0 aliphatic carbocycles. The van der Waals surface area contributed by atoms with Gasteiger partial charge < -0.3 is 5.32 Å². The fourth-order valence-electron chi connectivity index (χ4n) is 1.88. The zero-order valence-electron chi connectivity index (χ0n) is 9.73. The molecule has 2 rings (SSSR count). The predicted octanol–water partition coefficient (Wildman–Crippen LogP) is 1.23. The molecule has 1 aliphatic rings. The fraction of sp³-hybridized carbons (Fsp3) is 0.231. The maximum absolute atomic E-state index is 12.8. The van der Waals surface area contributed by atoms with E-state index >= 15 is 0 Å². The summed E-state index contributed by atoms with van der Waals surface area (Å²) in [5.74, 6) is -0.999. The van der Waals surface area contributed by atoms with E-state index in [2.05, 4.69) is 11.9 Å².